The van der Waals surface area contributed by atoms with Gasteiger partial charge in [-0.2, -0.15) is 0 Å². The first-order valence-electron chi connectivity index (χ1n) is 8.51. The average molecular weight is 358 g/mol. The number of nitrogens with zero attached hydrogens (tertiary/aromatic N) is 1. The topological polar surface area (TPSA) is 49.4 Å². The summed E-state index contributed by atoms with van der Waals surface area (Å²) in [6, 6.07) is 12.2. The first kappa shape index (κ1) is 18.0. The van der Waals surface area contributed by atoms with Crippen LogP contribution in [0.4, 0.5) is 8.78 Å². The van der Waals surface area contributed by atoms with E-state index in [9.17, 15) is 18.4 Å². The maximum absolute atomic E-state index is 13.8. The molecule has 1 aliphatic heterocycles. The van der Waals surface area contributed by atoms with Crippen molar-refractivity contribution in [3.8, 4) is 0 Å². The average Bonchev–Trinajstić information content (AvgIpc) is 2.96. The van der Waals surface area contributed by atoms with Crippen molar-refractivity contribution in [2.45, 2.75) is 25.9 Å². The number of likely N-dealkylation sites (tertiary alicyclic amines) is 1. The molecule has 0 bridgehead atoms. The fourth-order valence-electron chi connectivity index (χ4n) is 3.17. The first-order chi connectivity index (χ1) is 12.4. The highest BCUT2D eigenvalue weighted by Gasteiger charge is 2.34. The number of hydrogen-bond acceptors (Lipinski definition) is 2. The third-order valence-corrected chi connectivity index (χ3v) is 4.59. The largest absolute Gasteiger partial charge is 0.349 e. The van der Waals surface area contributed by atoms with Crippen molar-refractivity contribution in [1.82, 2.24) is 10.2 Å². The summed E-state index contributed by atoms with van der Waals surface area (Å²) in [7, 11) is 0. The van der Waals surface area contributed by atoms with Gasteiger partial charge in [0.25, 0.3) is 0 Å². The molecule has 2 amide bonds. The number of carbonyl (C=O) groups excluding carboxylic acids is 2. The Bertz CT molecular complexity index is 811. The summed E-state index contributed by atoms with van der Waals surface area (Å²) < 4.78 is 26.9. The first-order valence-corrected chi connectivity index (χ1v) is 8.51. The lowest BCUT2D eigenvalue weighted by atomic mass is 10.0. The third-order valence-electron chi connectivity index (χ3n) is 4.59. The van der Waals surface area contributed by atoms with Gasteiger partial charge in [-0.25, -0.2) is 8.78 Å². The number of rotatable bonds is 5. The monoisotopic (exact) mass is 358 g/mol. The van der Waals surface area contributed by atoms with Crippen LogP contribution in [0.5, 0.6) is 0 Å². The molecule has 1 saturated heterocycles. The number of halogens is 2. The van der Waals surface area contributed by atoms with Crippen molar-refractivity contribution < 1.29 is 18.4 Å². The Morgan fingerprint density at radius 3 is 2.65 bits per heavy atom. The van der Waals surface area contributed by atoms with Gasteiger partial charge >= 0.3 is 0 Å². The summed E-state index contributed by atoms with van der Waals surface area (Å²) in [4.78, 5) is 26.3. The van der Waals surface area contributed by atoms with Crippen LogP contribution in [-0.4, -0.2) is 23.3 Å². The molecule has 1 heterocycles. The Morgan fingerprint density at radius 1 is 1.23 bits per heavy atom. The molecule has 26 heavy (non-hydrogen) atoms. The maximum atomic E-state index is 13.8. The van der Waals surface area contributed by atoms with Crippen LogP contribution in [0.15, 0.2) is 48.5 Å². The predicted octanol–water partition coefficient (Wildman–Crippen LogP) is 3.19. The van der Waals surface area contributed by atoms with E-state index in [-0.39, 0.29) is 23.8 Å². The van der Waals surface area contributed by atoms with Gasteiger partial charge in [-0.05, 0) is 18.6 Å². The Balaban J connectivity index is 1.61. The fourth-order valence-corrected chi connectivity index (χ4v) is 3.17. The number of hydrogen-bond donors (Lipinski definition) is 1. The molecule has 1 fully saturated rings. The van der Waals surface area contributed by atoms with Crippen LogP contribution in [0.25, 0.3) is 0 Å². The summed E-state index contributed by atoms with van der Waals surface area (Å²) in [5.41, 5.74) is 1.22. The zero-order valence-corrected chi connectivity index (χ0v) is 14.4. The summed E-state index contributed by atoms with van der Waals surface area (Å²) >= 11 is 0. The predicted molar refractivity (Wildman–Crippen MR) is 92.9 cm³/mol. The normalized spacial score (nSPS) is 18.0. The van der Waals surface area contributed by atoms with Crippen molar-refractivity contribution in [2.75, 3.05) is 6.54 Å². The van der Waals surface area contributed by atoms with E-state index in [2.05, 4.69) is 5.32 Å². The van der Waals surface area contributed by atoms with Gasteiger partial charge in [0.2, 0.25) is 11.8 Å². The van der Waals surface area contributed by atoms with Crippen molar-refractivity contribution in [1.29, 1.82) is 0 Å². The molecule has 0 radical (unpaired) electrons. The second-order valence-corrected chi connectivity index (χ2v) is 6.56. The van der Waals surface area contributed by atoms with Gasteiger partial charge in [0.05, 0.1) is 12.0 Å². The van der Waals surface area contributed by atoms with Gasteiger partial charge < -0.3 is 10.2 Å². The molecular weight excluding hydrogens is 338 g/mol. The van der Waals surface area contributed by atoms with Gasteiger partial charge in [-0.3, -0.25) is 9.59 Å². The van der Waals surface area contributed by atoms with E-state index in [1.54, 1.807) is 11.8 Å². The third kappa shape index (κ3) is 4.07. The van der Waals surface area contributed by atoms with E-state index in [4.69, 9.17) is 0 Å². The van der Waals surface area contributed by atoms with Crippen LogP contribution in [0.3, 0.4) is 0 Å². The molecule has 136 valence electrons. The standard InChI is InChI=1S/C20H20F2N2O2/c1-13(17-8-7-16(21)10-18(17)22)23-20(26)15-9-19(25)24(12-15)11-14-5-3-2-4-6-14/h2-8,10,13,15H,9,11-12H2,1H3,(H,23,26). The van der Waals surface area contributed by atoms with Gasteiger partial charge in [0, 0.05) is 31.1 Å². The van der Waals surface area contributed by atoms with E-state index in [0.717, 1.165) is 17.7 Å². The van der Waals surface area contributed by atoms with Gasteiger partial charge in [0.15, 0.2) is 0 Å². The molecule has 1 N–H and O–H groups in total. The lowest BCUT2D eigenvalue weighted by molar-refractivity contribution is -0.129. The quantitative estimate of drug-likeness (QED) is 0.892. The highest BCUT2D eigenvalue weighted by molar-refractivity contribution is 5.89. The summed E-state index contributed by atoms with van der Waals surface area (Å²) in [6.07, 6.45) is 0.136. The molecular formula is C20H20F2N2O2. The zero-order valence-electron chi connectivity index (χ0n) is 14.4. The molecule has 0 aliphatic carbocycles. The van der Waals surface area contributed by atoms with E-state index < -0.39 is 23.6 Å². The lowest BCUT2D eigenvalue weighted by Gasteiger charge is -2.19. The van der Waals surface area contributed by atoms with Crippen LogP contribution in [0, 0.1) is 17.6 Å². The molecule has 2 unspecified atom stereocenters. The second kappa shape index (κ2) is 7.64. The smallest absolute Gasteiger partial charge is 0.225 e. The van der Waals surface area contributed by atoms with Gasteiger partial charge in [-0.1, -0.05) is 36.4 Å². The zero-order chi connectivity index (χ0) is 18.7. The fraction of sp³-hybridized carbons (Fsp3) is 0.300. The molecule has 1 aliphatic rings. The highest BCUT2D eigenvalue weighted by atomic mass is 19.1. The van der Waals surface area contributed by atoms with Crippen LogP contribution in [0.2, 0.25) is 0 Å². The molecule has 2 atom stereocenters. The molecule has 2 aromatic rings. The molecule has 0 spiro atoms. The SMILES string of the molecule is CC(NC(=O)C1CC(=O)N(Cc2ccccc2)C1)c1ccc(F)cc1F. The second-order valence-electron chi connectivity index (χ2n) is 6.56. The number of benzene rings is 2. The molecule has 2 aromatic carbocycles. The van der Waals surface area contributed by atoms with Crippen LogP contribution in [0.1, 0.15) is 30.5 Å². The Morgan fingerprint density at radius 2 is 1.96 bits per heavy atom. The Labute approximate surface area is 150 Å². The highest BCUT2D eigenvalue weighted by Crippen LogP contribution is 2.23. The van der Waals surface area contributed by atoms with Crippen LogP contribution in [-0.2, 0) is 16.1 Å². The Hall–Kier alpha value is -2.76. The van der Waals surface area contributed by atoms with Crippen LogP contribution < -0.4 is 5.32 Å². The van der Waals surface area contributed by atoms with E-state index in [0.29, 0.717) is 13.1 Å². The van der Waals surface area contributed by atoms with Crippen LogP contribution >= 0.6 is 0 Å². The molecule has 3 rings (SSSR count). The minimum atomic E-state index is -0.703. The van der Waals surface area contributed by atoms with Crippen molar-refractivity contribution in [3.05, 3.63) is 71.3 Å². The summed E-state index contributed by atoms with van der Waals surface area (Å²) in [6.45, 7) is 2.43. The lowest BCUT2D eigenvalue weighted by Crippen LogP contribution is -2.34. The minimum absolute atomic E-state index is 0.0744. The van der Waals surface area contributed by atoms with Crippen molar-refractivity contribution in [2.24, 2.45) is 5.92 Å². The summed E-state index contributed by atoms with van der Waals surface area (Å²) in [5.74, 6) is -2.22. The molecule has 0 saturated carbocycles. The minimum Gasteiger partial charge on any atom is -0.349 e. The van der Waals surface area contributed by atoms with Gasteiger partial charge in [-0.15, -0.1) is 0 Å². The number of amides is 2. The molecule has 4 nitrogen and oxygen atoms in total. The van der Waals surface area contributed by atoms with E-state index >= 15 is 0 Å². The van der Waals surface area contributed by atoms with E-state index in [1.807, 2.05) is 30.3 Å². The molecule has 0 aromatic heterocycles. The summed E-state index contributed by atoms with van der Waals surface area (Å²) in [5, 5.41) is 2.72. The van der Waals surface area contributed by atoms with Crippen molar-refractivity contribution >= 4 is 11.8 Å². The Kier molecular flexibility index (Phi) is 5.30. The van der Waals surface area contributed by atoms with Gasteiger partial charge in [0.1, 0.15) is 11.6 Å². The van der Waals surface area contributed by atoms with E-state index in [1.165, 1.54) is 6.07 Å². The number of carbonyl (C=O) groups is 2. The number of nitrogens with one attached hydrogen (secondary N) is 1. The van der Waals surface area contributed by atoms with Crippen molar-refractivity contribution in [3.63, 3.8) is 0 Å². The molecule has 6 heteroatoms. The maximum Gasteiger partial charge on any atom is 0.225 e.